The zero-order valence-electron chi connectivity index (χ0n) is 12.7. The molecule has 0 spiro atoms. The fourth-order valence-electron chi connectivity index (χ4n) is 2.14. The normalized spacial score (nSPS) is 12.0. The molecule has 1 atom stereocenters. The van der Waals surface area contributed by atoms with Crippen LogP contribution in [0.4, 0.5) is 0 Å². The molecule has 1 N–H and O–H groups in total. The van der Waals surface area contributed by atoms with Crippen molar-refractivity contribution in [2.24, 2.45) is 0 Å². The molecule has 5 heteroatoms. The summed E-state index contributed by atoms with van der Waals surface area (Å²) in [6, 6.07) is 7.62. The van der Waals surface area contributed by atoms with Crippen molar-refractivity contribution >= 4 is 0 Å². The topological polar surface area (TPSA) is 56.3 Å². The molecule has 0 aliphatic rings. The second kappa shape index (κ2) is 7.59. The maximum atomic E-state index is 5.37. The Balaban J connectivity index is 2.36. The number of hydrogen-bond donors (Lipinski definition) is 1. The molecule has 0 saturated carbocycles. The summed E-state index contributed by atoms with van der Waals surface area (Å²) in [4.78, 5) is 8.72. The summed E-state index contributed by atoms with van der Waals surface area (Å²) in [6.07, 6.45) is 4.55. The first-order chi connectivity index (χ1) is 10.3. The van der Waals surface area contributed by atoms with Crippen LogP contribution < -0.4 is 14.8 Å². The Morgan fingerprint density at radius 2 is 1.81 bits per heavy atom. The molecule has 5 nitrogen and oxygen atoms in total. The summed E-state index contributed by atoms with van der Waals surface area (Å²) < 4.78 is 10.7. The van der Waals surface area contributed by atoms with Gasteiger partial charge < -0.3 is 14.8 Å². The molecule has 2 aromatic rings. The van der Waals surface area contributed by atoms with Crippen LogP contribution in [0.3, 0.4) is 0 Å². The van der Waals surface area contributed by atoms with Gasteiger partial charge in [0, 0.05) is 12.4 Å². The van der Waals surface area contributed by atoms with E-state index in [1.165, 1.54) is 0 Å². The maximum Gasteiger partial charge on any atom is 0.161 e. The van der Waals surface area contributed by atoms with Gasteiger partial charge in [-0.1, -0.05) is 13.0 Å². The van der Waals surface area contributed by atoms with E-state index < -0.39 is 0 Å². The molecular weight excluding hydrogens is 266 g/mol. The van der Waals surface area contributed by atoms with Crippen LogP contribution in [-0.2, 0) is 0 Å². The third kappa shape index (κ3) is 3.70. The quantitative estimate of drug-likeness (QED) is 0.848. The zero-order chi connectivity index (χ0) is 15.1. The number of hydrogen-bond acceptors (Lipinski definition) is 5. The highest BCUT2D eigenvalue weighted by molar-refractivity contribution is 5.44. The Hall–Kier alpha value is -2.14. The van der Waals surface area contributed by atoms with Gasteiger partial charge in [0.1, 0.15) is 5.82 Å². The molecule has 21 heavy (non-hydrogen) atoms. The molecule has 0 amide bonds. The molecule has 0 bridgehead atoms. The van der Waals surface area contributed by atoms with Crippen molar-refractivity contribution in [3.05, 3.63) is 48.0 Å². The van der Waals surface area contributed by atoms with Crippen LogP contribution in [0.15, 0.2) is 36.7 Å². The lowest BCUT2D eigenvalue weighted by molar-refractivity contribution is 0.354. The van der Waals surface area contributed by atoms with E-state index in [2.05, 4.69) is 22.2 Å². The Kier molecular flexibility index (Phi) is 5.51. The SMILES string of the molecule is CCCNC(c1ccc(OC)c(OC)c1)c1ncccn1. The van der Waals surface area contributed by atoms with Crippen molar-refractivity contribution in [2.75, 3.05) is 20.8 Å². The molecule has 1 unspecified atom stereocenters. The minimum absolute atomic E-state index is 0.0639. The van der Waals surface area contributed by atoms with E-state index in [4.69, 9.17) is 9.47 Å². The van der Waals surface area contributed by atoms with Crippen molar-refractivity contribution < 1.29 is 9.47 Å². The zero-order valence-corrected chi connectivity index (χ0v) is 12.7. The Morgan fingerprint density at radius 1 is 1.10 bits per heavy atom. The van der Waals surface area contributed by atoms with Crippen molar-refractivity contribution in [1.29, 1.82) is 0 Å². The first kappa shape index (κ1) is 15.3. The molecule has 1 aromatic carbocycles. The van der Waals surface area contributed by atoms with Gasteiger partial charge in [0.2, 0.25) is 0 Å². The molecule has 112 valence electrons. The van der Waals surface area contributed by atoms with Crippen molar-refractivity contribution in [3.8, 4) is 11.5 Å². The maximum absolute atomic E-state index is 5.37. The standard InChI is InChI=1S/C16H21N3O2/c1-4-8-17-15(16-18-9-5-10-19-16)12-6-7-13(20-2)14(11-12)21-3/h5-7,9-11,15,17H,4,8H2,1-3H3. The highest BCUT2D eigenvalue weighted by Gasteiger charge is 2.18. The van der Waals surface area contributed by atoms with Crippen molar-refractivity contribution in [1.82, 2.24) is 15.3 Å². The molecule has 1 aromatic heterocycles. The summed E-state index contributed by atoms with van der Waals surface area (Å²) >= 11 is 0. The van der Waals surface area contributed by atoms with Gasteiger partial charge in [0.05, 0.1) is 20.3 Å². The predicted molar refractivity (Wildman–Crippen MR) is 81.7 cm³/mol. The molecule has 1 heterocycles. The lowest BCUT2D eigenvalue weighted by atomic mass is 10.0. The Labute approximate surface area is 125 Å². The van der Waals surface area contributed by atoms with Crippen LogP contribution in [0.1, 0.15) is 30.8 Å². The van der Waals surface area contributed by atoms with Gasteiger partial charge in [-0.15, -0.1) is 0 Å². The van der Waals surface area contributed by atoms with Gasteiger partial charge in [0.15, 0.2) is 11.5 Å². The van der Waals surface area contributed by atoms with Gasteiger partial charge in [-0.05, 0) is 36.7 Å². The smallest absolute Gasteiger partial charge is 0.161 e. The van der Waals surface area contributed by atoms with Gasteiger partial charge in [-0.2, -0.15) is 0 Å². The highest BCUT2D eigenvalue weighted by Crippen LogP contribution is 2.31. The summed E-state index contributed by atoms with van der Waals surface area (Å²) in [5.74, 6) is 2.16. The Morgan fingerprint density at radius 3 is 2.43 bits per heavy atom. The monoisotopic (exact) mass is 287 g/mol. The fourth-order valence-corrected chi connectivity index (χ4v) is 2.14. The first-order valence-corrected chi connectivity index (χ1v) is 7.02. The second-order valence-electron chi connectivity index (χ2n) is 4.61. The number of rotatable bonds is 7. The van der Waals surface area contributed by atoms with Gasteiger partial charge >= 0.3 is 0 Å². The van der Waals surface area contributed by atoms with Crippen molar-refractivity contribution in [2.45, 2.75) is 19.4 Å². The van der Waals surface area contributed by atoms with E-state index in [0.29, 0.717) is 11.5 Å². The van der Waals surface area contributed by atoms with Gasteiger partial charge in [-0.3, -0.25) is 0 Å². The summed E-state index contributed by atoms with van der Waals surface area (Å²) in [6.45, 7) is 3.02. The van der Waals surface area contributed by atoms with Gasteiger partial charge in [-0.25, -0.2) is 9.97 Å². The second-order valence-corrected chi connectivity index (χ2v) is 4.61. The molecule has 2 rings (SSSR count). The van der Waals surface area contributed by atoms with E-state index in [-0.39, 0.29) is 6.04 Å². The van der Waals surface area contributed by atoms with Crippen LogP contribution >= 0.6 is 0 Å². The molecule has 0 radical (unpaired) electrons. The lowest BCUT2D eigenvalue weighted by Gasteiger charge is -2.19. The number of nitrogens with one attached hydrogen (secondary N) is 1. The number of nitrogens with zero attached hydrogens (tertiary/aromatic N) is 2. The largest absolute Gasteiger partial charge is 0.493 e. The number of methoxy groups -OCH3 is 2. The summed E-state index contributed by atoms with van der Waals surface area (Å²) in [5.41, 5.74) is 1.05. The van der Waals surface area contributed by atoms with E-state index in [9.17, 15) is 0 Å². The first-order valence-electron chi connectivity index (χ1n) is 7.02. The summed E-state index contributed by atoms with van der Waals surface area (Å²) in [7, 11) is 3.26. The highest BCUT2D eigenvalue weighted by atomic mass is 16.5. The van der Waals surface area contributed by atoms with Crippen LogP contribution in [-0.4, -0.2) is 30.7 Å². The summed E-state index contributed by atoms with van der Waals surface area (Å²) in [5, 5.41) is 3.47. The third-order valence-electron chi connectivity index (χ3n) is 3.18. The van der Waals surface area contributed by atoms with Gasteiger partial charge in [0.25, 0.3) is 0 Å². The molecule has 0 aliphatic carbocycles. The fraction of sp³-hybridized carbons (Fsp3) is 0.375. The van der Waals surface area contributed by atoms with Crippen LogP contribution in [0, 0.1) is 0 Å². The number of benzene rings is 1. The minimum Gasteiger partial charge on any atom is -0.493 e. The van der Waals surface area contributed by atoms with Crippen LogP contribution in [0.25, 0.3) is 0 Å². The van der Waals surface area contributed by atoms with Crippen LogP contribution in [0.5, 0.6) is 11.5 Å². The van der Waals surface area contributed by atoms with E-state index in [0.717, 1.165) is 24.4 Å². The van der Waals surface area contributed by atoms with Crippen LogP contribution in [0.2, 0.25) is 0 Å². The number of aromatic nitrogens is 2. The lowest BCUT2D eigenvalue weighted by Crippen LogP contribution is -2.25. The molecule has 0 saturated heterocycles. The average Bonchev–Trinajstić information content (AvgIpc) is 2.56. The Bertz CT molecular complexity index is 561. The number of ether oxygens (including phenoxy) is 2. The molecule has 0 aliphatic heterocycles. The molecule has 0 fully saturated rings. The third-order valence-corrected chi connectivity index (χ3v) is 3.18. The van der Waals surface area contributed by atoms with E-state index in [1.54, 1.807) is 26.6 Å². The minimum atomic E-state index is -0.0639. The predicted octanol–water partition coefficient (Wildman–Crippen LogP) is 2.58. The average molecular weight is 287 g/mol. The van der Waals surface area contributed by atoms with Crippen molar-refractivity contribution in [3.63, 3.8) is 0 Å². The molecular formula is C16H21N3O2. The van der Waals surface area contributed by atoms with E-state index >= 15 is 0 Å². The van der Waals surface area contributed by atoms with E-state index in [1.807, 2.05) is 24.3 Å².